The van der Waals surface area contributed by atoms with Crippen molar-refractivity contribution < 1.29 is 9.53 Å². The van der Waals surface area contributed by atoms with Crippen LogP contribution in [0.2, 0.25) is 0 Å². The van der Waals surface area contributed by atoms with Gasteiger partial charge in [0, 0.05) is 45.0 Å². The SMILES string of the molecule is CNC(=O)[C@H]1CC[C@@H]2[C@@H](CCN2Cc2cnn(C)c2)O1. The second-order valence-electron chi connectivity index (χ2n) is 5.70. The van der Waals surface area contributed by atoms with Gasteiger partial charge in [0.05, 0.1) is 12.3 Å². The van der Waals surface area contributed by atoms with E-state index in [4.69, 9.17) is 4.74 Å². The zero-order chi connectivity index (χ0) is 14.1. The third-order valence-corrected chi connectivity index (χ3v) is 4.35. The zero-order valence-corrected chi connectivity index (χ0v) is 12.1. The summed E-state index contributed by atoms with van der Waals surface area (Å²) in [7, 11) is 3.61. The van der Waals surface area contributed by atoms with E-state index < -0.39 is 0 Å². The normalized spacial score (nSPS) is 30.2. The lowest BCUT2D eigenvalue weighted by Gasteiger charge is -2.35. The Morgan fingerprint density at radius 2 is 2.35 bits per heavy atom. The quantitative estimate of drug-likeness (QED) is 0.863. The number of likely N-dealkylation sites (N-methyl/N-ethyl adjacent to an activating group) is 1. The molecule has 1 amide bonds. The highest BCUT2D eigenvalue weighted by Crippen LogP contribution is 2.32. The molecule has 1 aromatic rings. The Balaban J connectivity index is 1.61. The lowest BCUT2D eigenvalue weighted by molar-refractivity contribution is -0.143. The minimum atomic E-state index is -0.264. The summed E-state index contributed by atoms with van der Waals surface area (Å²) in [6.45, 7) is 1.95. The minimum absolute atomic E-state index is 0.00848. The number of fused-ring (bicyclic) bond motifs is 1. The first-order chi connectivity index (χ1) is 9.67. The predicted molar refractivity (Wildman–Crippen MR) is 74.0 cm³/mol. The number of carbonyl (C=O) groups is 1. The van der Waals surface area contributed by atoms with Crippen molar-refractivity contribution in [3.63, 3.8) is 0 Å². The van der Waals surface area contributed by atoms with Gasteiger partial charge in [-0.1, -0.05) is 0 Å². The van der Waals surface area contributed by atoms with Crippen LogP contribution in [-0.4, -0.2) is 52.4 Å². The van der Waals surface area contributed by atoms with Crippen molar-refractivity contribution >= 4 is 5.91 Å². The fourth-order valence-electron chi connectivity index (χ4n) is 3.35. The molecule has 2 saturated heterocycles. The lowest BCUT2D eigenvalue weighted by atomic mass is 9.98. The molecular formula is C14H22N4O2. The molecule has 3 atom stereocenters. The van der Waals surface area contributed by atoms with Crippen LogP contribution in [0.15, 0.2) is 12.4 Å². The molecule has 0 bridgehead atoms. The monoisotopic (exact) mass is 278 g/mol. The first-order valence-electron chi connectivity index (χ1n) is 7.26. The molecule has 2 aliphatic rings. The summed E-state index contributed by atoms with van der Waals surface area (Å²) in [4.78, 5) is 14.1. The molecule has 1 aromatic heterocycles. The number of rotatable bonds is 3. The van der Waals surface area contributed by atoms with Crippen molar-refractivity contribution in [1.82, 2.24) is 20.0 Å². The molecule has 20 heavy (non-hydrogen) atoms. The maximum atomic E-state index is 11.7. The molecule has 1 N–H and O–H groups in total. The molecule has 0 aliphatic carbocycles. The van der Waals surface area contributed by atoms with Gasteiger partial charge < -0.3 is 10.1 Å². The number of nitrogens with zero attached hydrogens (tertiary/aromatic N) is 3. The summed E-state index contributed by atoms with van der Waals surface area (Å²) < 4.78 is 7.80. The van der Waals surface area contributed by atoms with E-state index in [0.29, 0.717) is 6.04 Å². The number of amides is 1. The van der Waals surface area contributed by atoms with E-state index in [-0.39, 0.29) is 18.1 Å². The highest BCUT2D eigenvalue weighted by molar-refractivity contribution is 5.80. The van der Waals surface area contributed by atoms with Crippen molar-refractivity contribution in [3.8, 4) is 0 Å². The second kappa shape index (κ2) is 5.54. The van der Waals surface area contributed by atoms with Gasteiger partial charge >= 0.3 is 0 Å². The molecule has 110 valence electrons. The fourth-order valence-corrected chi connectivity index (χ4v) is 3.35. The van der Waals surface area contributed by atoms with Crippen LogP contribution in [0.3, 0.4) is 0 Å². The van der Waals surface area contributed by atoms with Gasteiger partial charge in [-0.2, -0.15) is 5.10 Å². The molecule has 0 radical (unpaired) electrons. The van der Waals surface area contributed by atoms with E-state index in [9.17, 15) is 4.79 Å². The van der Waals surface area contributed by atoms with E-state index in [1.54, 1.807) is 7.05 Å². The van der Waals surface area contributed by atoms with Crippen LogP contribution in [0.5, 0.6) is 0 Å². The van der Waals surface area contributed by atoms with Gasteiger partial charge in [0.1, 0.15) is 6.10 Å². The standard InChI is InChI=1S/C14H22N4O2/c1-15-14(19)13-4-3-11-12(20-13)5-6-18(11)9-10-7-16-17(2)8-10/h7-8,11-13H,3-6,9H2,1-2H3,(H,15,19)/t11-,12-,13-/m1/s1. The molecule has 3 rings (SSSR count). The Hall–Kier alpha value is -1.40. The Bertz CT molecular complexity index is 487. The number of aryl methyl sites for hydroxylation is 1. The van der Waals surface area contributed by atoms with Crippen LogP contribution in [-0.2, 0) is 23.1 Å². The summed E-state index contributed by atoms with van der Waals surface area (Å²) in [6.07, 6.45) is 6.77. The van der Waals surface area contributed by atoms with E-state index in [0.717, 1.165) is 32.4 Å². The summed E-state index contributed by atoms with van der Waals surface area (Å²) >= 11 is 0. The highest BCUT2D eigenvalue weighted by Gasteiger charge is 2.41. The zero-order valence-electron chi connectivity index (χ0n) is 12.1. The molecule has 3 heterocycles. The van der Waals surface area contributed by atoms with Crippen LogP contribution in [0, 0.1) is 0 Å². The maximum Gasteiger partial charge on any atom is 0.248 e. The number of likely N-dealkylation sites (tertiary alicyclic amines) is 1. The van der Waals surface area contributed by atoms with Gasteiger partial charge in [-0.25, -0.2) is 0 Å². The van der Waals surface area contributed by atoms with Gasteiger partial charge in [0.15, 0.2) is 0 Å². The molecular weight excluding hydrogens is 256 g/mol. The number of aromatic nitrogens is 2. The Morgan fingerprint density at radius 1 is 1.50 bits per heavy atom. The third-order valence-electron chi connectivity index (χ3n) is 4.35. The number of hydrogen-bond acceptors (Lipinski definition) is 4. The van der Waals surface area contributed by atoms with Gasteiger partial charge in [-0.3, -0.25) is 14.4 Å². The van der Waals surface area contributed by atoms with E-state index in [1.165, 1.54) is 5.56 Å². The molecule has 0 aromatic carbocycles. The summed E-state index contributed by atoms with van der Waals surface area (Å²) in [5.41, 5.74) is 1.24. The average molecular weight is 278 g/mol. The fraction of sp³-hybridized carbons (Fsp3) is 0.714. The van der Waals surface area contributed by atoms with Crippen molar-refractivity contribution in [2.75, 3.05) is 13.6 Å². The van der Waals surface area contributed by atoms with Crippen molar-refractivity contribution in [1.29, 1.82) is 0 Å². The molecule has 2 fully saturated rings. The summed E-state index contributed by atoms with van der Waals surface area (Å²) in [5.74, 6) is 0.00848. The molecule has 0 unspecified atom stereocenters. The van der Waals surface area contributed by atoms with Crippen LogP contribution in [0.4, 0.5) is 0 Å². The van der Waals surface area contributed by atoms with Gasteiger partial charge in [-0.15, -0.1) is 0 Å². The summed E-state index contributed by atoms with van der Waals surface area (Å²) in [5, 5.41) is 6.89. The van der Waals surface area contributed by atoms with Crippen molar-refractivity contribution in [3.05, 3.63) is 18.0 Å². The Kier molecular flexibility index (Phi) is 3.76. The summed E-state index contributed by atoms with van der Waals surface area (Å²) in [6, 6.07) is 0.441. The first-order valence-corrected chi connectivity index (χ1v) is 7.26. The third kappa shape index (κ3) is 2.58. The number of carbonyl (C=O) groups excluding carboxylic acids is 1. The van der Waals surface area contributed by atoms with E-state index >= 15 is 0 Å². The first kappa shape index (κ1) is 13.6. The Morgan fingerprint density at radius 3 is 3.05 bits per heavy atom. The minimum Gasteiger partial charge on any atom is -0.363 e. The Labute approximate surface area is 119 Å². The van der Waals surface area contributed by atoms with Crippen LogP contribution in [0.1, 0.15) is 24.8 Å². The van der Waals surface area contributed by atoms with Gasteiger partial charge in [0.2, 0.25) is 5.91 Å². The average Bonchev–Trinajstić information content (AvgIpc) is 3.05. The highest BCUT2D eigenvalue weighted by atomic mass is 16.5. The molecule has 0 spiro atoms. The molecule has 0 saturated carbocycles. The predicted octanol–water partition coefficient (Wildman–Crippen LogP) is 0.288. The molecule has 2 aliphatic heterocycles. The van der Waals surface area contributed by atoms with E-state index in [2.05, 4.69) is 21.5 Å². The topological polar surface area (TPSA) is 59.4 Å². The van der Waals surface area contributed by atoms with Crippen molar-refractivity contribution in [2.45, 2.75) is 44.1 Å². The van der Waals surface area contributed by atoms with Gasteiger partial charge in [-0.05, 0) is 19.3 Å². The smallest absolute Gasteiger partial charge is 0.248 e. The largest absolute Gasteiger partial charge is 0.363 e. The number of hydrogen-bond donors (Lipinski definition) is 1. The van der Waals surface area contributed by atoms with Gasteiger partial charge in [0.25, 0.3) is 0 Å². The van der Waals surface area contributed by atoms with Crippen LogP contribution >= 0.6 is 0 Å². The van der Waals surface area contributed by atoms with Crippen LogP contribution in [0.25, 0.3) is 0 Å². The van der Waals surface area contributed by atoms with Crippen LogP contribution < -0.4 is 5.32 Å². The second-order valence-corrected chi connectivity index (χ2v) is 5.70. The van der Waals surface area contributed by atoms with E-state index in [1.807, 2.05) is 17.9 Å². The molecule has 6 heteroatoms. The molecule has 6 nitrogen and oxygen atoms in total. The maximum absolute atomic E-state index is 11.7. The lowest BCUT2D eigenvalue weighted by Crippen LogP contribution is -2.47. The number of nitrogens with one attached hydrogen (secondary N) is 1. The number of ether oxygens (including phenoxy) is 1. The van der Waals surface area contributed by atoms with Crippen molar-refractivity contribution in [2.24, 2.45) is 7.05 Å².